The van der Waals surface area contributed by atoms with E-state index in [1.54, 1.807) is 7.11 Å². The Kier molecular flexibility index (Phi) is 2.47. The van der Waals surface area contributed by atoms with E-state index in [1.807, 2.05) is 6.07 Å². The van der Waals surface area contributed by atoms with Crippen molar-refractivity contribution in [3.05, 3.63) is 29.3 Å². The van der Waals surface area contributed by atoms with Crippen LogP contribution in [0.2, 0.25) is 0 Å². The van der Waals surface area contributed by atoms with Gasteiger partial charge in [-0.1, -0.05) is 19.9 Å². The summed E-state index contributed by atoms with van der Waals surface area (Å²) in [4.78, 5) is 0. The van der Waals surface area contributed by atoms with Gasteiger partial charge in [0.05, 0.1) is 7.11 Å². The molecule has 1 aromatic carbocycles. The van der Waals surface area contributed by atoms with Crippen LogP contribution in [0.1, 0.15) is 31.4 Å². The van der Waals surface area contributed by atoms with Gasteiger partial charge in [-0.2, -0.15) is 0 Å². The average Bonchev–Trinajstić information content (AvgIpc) is 2.16. The summed E-state index contributed by atoms with van der Waals surface area (Å²) in [5, 5.41) is 0. The number of rotatable bonds is 1. The highest BCUT2D eigenvalue weighted by atomic mass is 16.5. The highest BCUT2D eigenvalue weighted by Gasteiger charge is 2.31. The molecular formula is C13H19NO. The van der Waals surface area contributed by atoms with Crippen molar-refractivity contribution in [3.8, 4) is 5.75 Å². The van der Waals surface area contributed by atoms with Gasteiger partial charge < -0.3 is 10.5 Å². The molecule has 2 heteroatoms. The molecule has 1 unspecified atom stereocenters. The predicted molar refractivity (Wildman–Crippen MR) is 62.3 cm³/mol. The van der Waals surface area contributed by atoms with Crippen molar-refractivity contribution in [2.75, 3.05) is 7.11 Å². The van der Waals surface area contributed by atoms with Crippen LogP contribution in [0, 0.1) is 0 Å². The lowest BCUT2D eigenvalue weighted by atomic mass is 9.71. The van der Waals surface area contributed by atoms with E-state index in [0.29, 0.717) is 6.04 Å². The maximum atomic E-state index is 6.06. The molecule has 1 aromatic rings. The van der Waals surface area contributed by atoms with E-state index in [-0.39, 0.29) is 5.41 Å². The summed E-state index contributed by atoms with van der Waals surface area (Å²) < 4.78 is 5.27. The maximum absolute atomic E-state index is 6.06. The van der Waals surface area contributed by atoms with Gasteiger partial charge in [-0.25, -0.2) is 0 Å². The topological polar surface area (TPSA) is 35.2 Å². The van der Waals surface area contributed by atoms with Gasteiger partial charge in [0.1, 0.15) is 5.75 Å². The van der Waals surface area contributed by atoms with E-state index in [2.05, 4.69) is 26.0 Å². The number of ether oxygens (including phenoxy) is 1. The van der Waals surface area contributed by atoms with Crippen LogP contribution in [0.25, 0.3) is 0 Å². The fourth-order valence-corrected chi connectivity index (χ4v) is 2.61. The molecule has 1 atom stereocenters. The van der Waals surface area contributed by atoms with Crippen LogP contribution in [0.3, 0.4) is 0 Å². The fraction of sp³-hybridized carbons (Fsp3) is 0.538. The van der Waals surface area contributed by atoms with E-state index in [4.69, 9.17) is 10.5 Å². The first kappa shape index (κ1) is 10.5. The zero-order valence-corrected chi connectivity index (χ0v) is 9.71. The monoisotopic (exact) mass is 205 g/mol. The molecular weight excluding hydrogens is 186 g/mol. The molecule has 0 fully saturated rings. The first-order chi connectivity index (χ1) is 7.03. The first-order valence-electron chi connectivity index (χ1n) is 5.46. The van der Waals surface area contributed by atoms with Crippen LogP contribution in [-0.4, -0.2) is 13.2 Å². The molecule has 1 aliphatic rings. The van der Waals surface area contributed by atoms with Crippen LogP contribution in [0.5, 0.6) is 5.75 Å². The number of benzene rings is 1. The summed E-state index contributed by atoms with van der Waals surface area (Å²) in [5.41, 5.74) is 9.00. The minimum atomic E-state index is 0.168. The molecule has 0 radical (unpaired) electrons. The van der Waals surface area contributed by atoms with Crippen LogP contribution in [0.4, 0.5) is 0 Å². The molecule has 0 bridgehead atoms. The lowest BCUT2D eigenvalue weighted by Gasteiger charge is -2.36. The highest BCUT2D eigenvalue weighted by Crippen LogP contribution is 2.37. The normalized spacial score (nSPS) is 23.3. The molecule has 0 aliphatic heterocycles. The molecule has 0 amide bonds. The van der Waals surface area contributed by atoms with E-state index >= 15 is 0 Å². The minimum absolute atomic E-state index is 0.168. The van der Waals surface area contributed by atoms with Crippen molar-refractivity contribution in [1.29, 1.82) is 0 Å². The number of hydrogen-bond donors (Lipinski definition) is 1. The number of hydrogen-bond acceptors (Lipinski definition) is 2. The van der Waals surface area contributed by atoms with E-state index < -0.39 is 0 Å². The molecule has 0 spiro atoms. The second-order valence-corrected chi connectivity index (χ2v) is 5.08. The Morgan fingerprint density at radius 2 is 2.13 bits per heavy atom. The summed E-state index contributed by atoms with van der Waals surface area (Å²) in [6.45, 7) is 4.51. The number of fused-ring (bicyclic) bond motifs is 1. The smallest absolute Gasteiger partial charge is 0.119 e. The minimum Gasteiger partial charge on any atom is -0.497 e. The van der Waals surface area contributed by atoms with Gasteiger partial charge in [0.25, 0.3) is 0 Å². The van der Waals surface area contributed by atoms with Crippen molar-refractivity contribution in [3.63, 3.8) is 0 Å². The molecule has 82 valence electrons. The molecule has 0 saturated heterocycles. The van der Waals surface area contributed by atoms with Gasteiger partial charge in [-0.05, 0) is 41.5 Å². The van der Waals surface area contributed by atoms with Crippen molar-refractivity contribution < 1.29 is 4.74 Å². The van der Waals surface area contributed by atoms with Crippen LogP contribution >= 0.6 is 0 Å². The van der Waals surface area contributed by atoms with Gasteiger partial charge >= 0.3 is 0 Å². The van der Waals surface area contributed by atoms with Crippen molar-refractivity contribution >= 4 is 0 Å². The fourth-order valence-electron chi connectivity index (χ4n) is 2.61. The Balaban J connectivity index is 2.48. The predicted octanol–water partition coefficient (Wildman–Crippen LogP) is 2.25. The molecule has 0 saturated carbocycles. The molecule has 2 rings (SSSR count). The van der Waals surface area contributed by atoms with Gasteiger partial charge in [0.2, 0.25) is 0 Å². The van der Waals surface area contributed by atoms with E-state index in [0.717, 1.165) is 18.6 Å². The van der Waals surface area contributed by atoms with Crippen molar-refractivity contribution in [2.24, 2.45) is 5.73 Å². The van der Waals surface area contributed by atoms with Gasteiger partial charge in [-0.15, -0.1) is 0 Å². The van der Waals surface area contributed by atoms with Gasteiger partial charge in [0.15, 0.2) is 0 Å². The molecule has 0 heterocycles. The Morgan fingerprint density at radius 1 is 1.40 bits per heavy atom. The maximum Gasteiger partial charge on any atom is 0.119 e. The quantitative estimate of drug-likeness (QED) is 0.763. The Morgan fingerprint density at radius 3 is 2.80 bits per heavy atom. The zero-order valence-electron chi connectivity index (χ0n) is 9.71. The second-order valence-electron chi connectivity index (χ2n) is 5.08. The largest absolute Gasteiger partial charge is 0.497 e. The Hall–Kier alpha value is -1.02. The molecule has 15 heavy (non-hydrogen) atoms. The van der Waals surface area contributed by atoms with Crippen molar-refractivity contribution in [2.45, 2.75) is 38.1 Å². The second kappa shape index (κ2) is 3.53. The average molecular weight is 205 g/mol. The standard InChI is InChI=1S/C13H19NO/c1-13(2)8-10(14)6-9-4-5-11(15-3)7-12(9)13/h4-5,7,10H,6,8,14H2,1-3H3. The molecule has 2 N–H and O–H groups in total. The van der Waals surface area contributed by atoms with E-state index in [1.165, 1.54) is 11.1 Å². The summed E-state index contributed by atoms with van der Waals surface area (Å²) in [6.07, 6.45) is 2.04. The lowest BCUT2D eigenvalue weighted by molar-refractivity contribution is 0.381. The molecule has 1 aliphatic carbocycles. The third kappa shape index (κ3) is 1.86. The van der Waals surface area contributed by atoms with E-state index in [9.17, 15) is 0 Å². The number of methoxy groups -OCH3 is 1. The third-order valence-corrected chi connectivity index (χ3v) is 3.30. The SMILES string of the molecule is COc1ccc2c(c1)C(C)(C)CC(N)C2. The van der Waals surface area contributed by atoms with Crippen molar-refractivity contribution in [1.82, 2.24) is 0 Å². The van der Waals surface area contributed by atoms with Gasteiger partial charge in [0, 0.05) is 6.04 Å². The summed E-state index contributed by atoms with van der Waals surface area (Å²) >= 11 is 0. The van der Waals surface area contributed by atoms with Crippen LogP contribution in [0.15, 0.2) is 18.2 Å². The summed E-state index contributed by atoms with van der Waals surface area (Å²) in [7, 11) is 1.71. The summed E-state index contributed by atoms with van der Waals surface area (Å²) in [5.74, 6) is 0.942. The lowest BCUT2D eigenvalue weighted by Crippen LogP contribution is -2.37. The Bertz CT molecular complexity index is 371. The molecule has 0 aromatic heterocycles. The Labute approximate surface area is 91.4 Å². The van der Waals surface area contributed by atoms with Gasteiger partial charge in [-0.3, -0.25) is 0 Å². The highest BCUT2D eigenvalue weighted by molar-refractivity contribution is 5.42. The van der Waals surface area contributed by atoms with Crippen LogP contribution in [-0.2, 0) is 11.8 Å². The van der Waals surface area contributed by atoms with Crippen LogP contribution < -0.4 is 10.5 Å². The first-order valence-corrected chi connectivity index (χ1v) is 5.46. The number of nitrogens with two attached hydrogens (primary N) is 1. The zero-order chi connectivity index (χ0) is 11.1. The third-order valence-electron chi connectivity index (χ3n) is 3.30. The summed E-state index contributed by atoms with van der Waals surface area (Å²) in [6, 6.07) is 6.62. The molecule has 2 nitrogen and oxygen atoms in total.